The van der Waals surface area contributed by atoms with E-state index in [1.807, 2.05) is 6.92 Å². The Bertz CT molecular complexity index is 1310. The molecule has 1 aliphatic rings. The smallest absolute Gasteiger partial charge is 0.300 e. The average molecular weight is 490 g/mol. The van der Waals surface area contributed by atoms with Gasteiger partial charge in [-0.1, -0.05) is 26.0 Å². The van der Waals surface area contributed by atoms with Crippen molar-refractivity contribution in [2.75, 3.05) is 18.6 Å². The molecule has 0 radical (unpaired) electrons. The molecular weight excluding hydrogens is 461 g/mol. The molecule has 3 aromatic rings. The number of carbonyl (C=O) groups is 2. The van der Waals surface area contributed by atoms with E-state index in [1.54, 1.807) is 42.5 Å². The van der Waals surface area contributed by atoms with Gasteiger partial charge in [0, 0.05) is 11.3 Å². The minimum atomic E-state index is -0.918. The molecule has 3 aromatic carbocycles. The lowest BCUT2D eigenvalue weighted by atomic mass is 9.94. The van der Waals surface area contributed by atoms with Crippen molar-refractivity contribution in [2.24, 2.45) is 5.92 Å². The lowest BCUT2D eigenvalue weighted by Crippen LogP contribution is -2.29. The topological polar surface area (TPSA) is 76.1 Å². The number of methoxy groups -OCH3 is 1. The maximum Gasteiger partial charge on any atom is 0.300 e. The van der Waals surface area contributed by atoms with Crippen LogP contribution in [0.2, 0.25) is 0 Å². The lowest BCUT2D eigenvalue weighted by Gasteiger charge is -2.25. The van der Waals surface area contributed by atoms with Gasteiger partial charge in [-0.05, 0) is 78.6 Å². The molecule has 186 valence electrons. The van der Waals surface area contributed by atoms with Gasteiger partial charge in [-0.25, -0.2) is 4.39 Å². The van der Waals surface area contributed by atoms with Crippen LogP contribution < -0.4 is 14.4 Å². The SMILES string of the molecule is COc1ccc(C2/C(=C(/O)c3ccc(OCC(C)C)c(C)c3)C(=O)C(=O)N2c2ccc(F)cc2)cc1. The lowest BCUT2D eigenvalue weighted by molar-refractivity contribution is -0.132. The van der Waals surface area contributed by atoms with E-state index < -0.39 is 23.5 Å². The molecule has 1 unspecified atom stereocenters. The number of rotatable bonds is 7. The molecule has 0 aliphatic carbocycles. The van der Waals surface area contributed by atoms with Crippen LogP contribution in [0.3, 0.4) is 0 Å². The summed E-state index contributed by atoms with van der Waals surface area (Å²) in [7, 11) is 1.54. The summed E-state index contributed by atoms with van der Waals surface area (Å²) >= 11 is 0. The molecule has 1 saturated heterocycles. The average Bonchev–Trinajstić information content (AvgIpc) is 3.13. The number of aryl methyl sites for hydroxylation is 1. The Balaban J connectivity index is 1.84. The number of nitrogens with zero attached hydrogens (tertiary/aromatic N) is 1. The first-order chi connectivity index (χ1) is 17.2. The van der Waals surface area contributed by atoms with Crippen molar-refractivity contribution in [2.45, 2.75) is 26.8 Å². The molecule has 0 saturated carbocycles. The zero-order chi connectivity index (χ0) is 26.0. The van der Waals surface area contributed by atoms with E-state index in [4.69, 9.17) is 9.47 Å². The van der Waals surface area contributed by atoms with Crippen LogP contribution in [-0.4, -0.2) is 30.5 Å². The molecule has 1 fully saturated rings. The second kappa shape index (κ2) is 10.2. The monoisotopic (exact) mass is 489 g/mol. The van der Waals surface area contributed by atoms with Gasteiger partial charge < -0.3 is 14.6 Å². The Morgan fingerprint density at radius 3 is 2.28 bits per heavy atom. The Morgan fingerprint density at radius 2 is 1.69 bits per heavy atom. The fourth-order valence-electron chi connectivity index (χ4n) is 4.17. The van der Waals surface area contributed by atoms with Crippen molar-refractivity contribution in [3.05, 3.63) is 94.8 Å². The summed E-state index contributed by atoms with van der Waals surface area (Å²) in [4.78, 5) is 27.8. The number of benzene rings is 3. The predicted octanol–water partition coefficient (Wildman–Crippen LogP) is 5.80. The third-order valence-corrected chi connectivity index (χ3v) is 6.00. The highest BCUT2D eigenvalue weighted by Gasteiger charge is 2.47. The van der Waals surface area contributed by atoms with E-state index in [9.17, 15) is 19.1 Å². The first-order valence-corrected chi connectivity index (χ1v) is 11.7. The molecule has 0 spiro atoms. The number of carbonyl (C=O) groups excluding carboxylic acids is 2. The predicted molar refractivity (Wildman–Crippen MR) is 136 cm³/mol. The minimum absolute atomic E-state index is 0.0512. The summed E-state index contributed by atoms with van der Waals surface area (Å²) in [6.07, 6.45) is 0. The summed E-state index contributed by atoms with van der Waals surface area (Å²) < 4.78 is 24.7. The first kappa shape index (κ1) is 25.0. The van der Waals surface area contributed by atoms with Gasteiger partial charge in [0.2, 0.25) is 0 Å². The van der Waals surface area contributed by atoms with Crippen molar-refractivity contribution in [3.8, 4) is 11.5 Å². The quantitative estimate of drug-likeness (QED) is 0.258. The van der Waals surface area contributed by atoms with Crippen molar-refractivity contribution in [3.63, 3.8) is 0 Å². The Kier molecular flexibility index (Phi) is 7.10. The van der Waals surface area contributed by atoms with Gasteiger partial charge in [0.15, 0.2) is 0 Å². The van der Waals surface area contributed by atoms with Crippen LogP contribution in [0.4, 0.5) is 10.1 Å². The highest BCUT2D eigenvalue weighted by atomic mass is 19.1. The standard InChI is InChI=1S/C29H28FNO5/c1-17(2)16-36-24-14-7-20(15-18(24)3)27(32)25-26(19-5-12-23(35-4)13-6-19)31(29(34)28(25)33)22-10-8-21(30)9-11-22/h5-15,17,26,32H,16H2,1-4H3/b27-25-. The van der Waals surface area contributed by atoms with Gasteiger partial charge in [0.05, 0.1) is 25.3 Å². The van der Waals surface area contributed by atoms with Crippen LogP contribution in [0.1, 0.15) is 36.6 Å². The number of amides is 1. The van der Waals surface area contributed by atoms with E-state index in [2.05, 4.69) is 13.8 Å². The number of aliphatic hydroxyl groups is 1. The van der Waals surface area contributed by atoms with Crippen LogP contribution in [0, 0.1) is 18.7 Å². The van der Waals surface area contributed by atoms with Crippen molar-refractivity contribution < 1.29 is 28.6 Å². The molecule has 1 amide bonds. The highest BCUT2D eigenvalue weighted by Crippen LogP contribution is 2.42. The highest BCUT2D eigenvalue weighted by molar-refractivity contribution is 6.51. The second-order valence-corrected chi connectivity index (χ2v) is 9.10. The molecule has 0 aromatic heterocycles. The third kappa shape index (κ3) is 4.82. The molecule has 7 heteroatoms. The molecule has 1 atom stereocenters. The van der Waals surface area contributed by atoms with Crippen LogP contribution in [0.5, 0.6) is 11.5 Å². The largest absolute Gasteiger partial charge is 0.507 e. The summed E-state index contributed by atoms with van der Waals surface area (Å²) in [6.45, 7) is 6.50. The molecule has 4 rings (SSSR count). The van der Waals surface area contributed by atoms with Crippen LogP contribution in [0.15, 0.2) is 72.3 Å². The Hall–Kier alpha value is -4.13. The number of aliphatic hydroxyl groups excluding tert-OH is 1. The molecule has 1 N–H and O–H groups in total. The third-order valence-electron chi connectivity index (χ3n) is 6.00. The van der Waals surface area contributed by atoms with E-state index in [1.165, 1.54) is 36.3 Å². The van der Waals surface area contributed by atoms with E-state index in [-0.39, 0.29) is 11.3 Å². The minimum Gasteiger partial charge on any atom is -0.507 e. The summed E-state index contributed by atoms with van der Waals surface area (Å²) in [6, 6.07) is 16.4. The molecule has 6 nitrogen and oxygen atoms in total. The summed E-state index contributed by atoms with van der Waals surface area (Å²) in [5.74, 6) is -0.759. The fourth-order valence-corrected chi connectivity index (χ4v) is 4.17. The zero-order valence-electron chi connectivity index (χ0n) is 20.6. The molecule has 36 heavy (non-hydrogen) atoms. The molecule has 1 heterocycles. The van der Waals surface area contributed by atoms with Gasteiger partial charge in [0.1, 0.15) is 23.1 Å². The molecule has 0 bridgehead atoms. The number of ether oxygens (including phenoxy) is 2. The van der Waals surface area contributed by atoms with Crippen LogP contribution in [0.25, 0.3) is 5.76 Å². The van der Waals surface area contributed by atoms with Gasteiger partial charge in [-0.2, -0.15) is 0 Å². The maximum absolute atomic E-state index is 13.6. The van der Waals surface area contributed by atoms with E-state index >= 15 is 0 Å². The molecule has 1 aliphatic heterocycles. The number of hydrogen-bond donors (Lipinski definition) is 1. The number of anilines is 1. The molecular formula is C29H28FNO5. The van der Waals surface area contributed by atoms with E-state index in [0.29, 0.717) is 40.8 Å². The van der Waals surface area contributed by atoms with Crippen LogP contribution >= 0.6 is 0 Å². The summed E-state index contributed by atoms with van der Waals surface area (Å²) in [5.41, 5.74) is 2.06. The van der Waals surface area contributed by atoms with Gasteiger partial charge in [0.25, 0.3) is 11.7 Å². The zero-order valence-corrected chi connectivity index (χ0v) is 20.6. The second-order valence-electron chi connectivity index (χ2n) is 9.10. The fraction of sp³-hybridized carbons (Fsp3) is 0.241. The normalized spacial score (nSPS) is 17.1. The Labute approximate surface area is 209 Å². The van der Waals surface area contributed by atoms with Gasteiger partial charge in [-0.3, -0.25) is 14.5 Å². The first-order valence-electron chi connectivity index (χ1n) is 11.7. The van der Waals surface area contributed by atoms with Crippen molar-refractivity contribution >= 4 is 23.1 Å². The number of hydrogen-bond acceptors (Lipinski definition) is 5. The number of Topliss-reactive ketones (excluding diaryl/α,β-unsaturated/α-hetero) is 1. The van der Waals surface area contributed by atoms with E-state index in [0.717, 1.165) is 5.56 Å². The number of ketones is 1. The summed E-state index contributed by atoms with van der Waals surface area (Å²) in [5, 5.41) is 11.3. The number of halogens is 1. The Morgan fingerprint density at radius 1 is 1.03 bits per heavy atom. The van der Waals surface area contributed by atoms with Crippen LogP contribution in [-0.2, 0) is 9.59 Å². The van der Waals surface area contributed by atoms with Gasteiger partial charge in [-0.15, -0.1) is 0 Å². The van der Waals surface area contributed by atoms with Crippen molar-refractivity contribution in [1.29, 1.82) is 0 Å². The van der Waals surface area contributed by atoms with Crippen molar-refractivity contribution in [1.82, 2.24) is 0 Å². The maximum atomic E-state index is 13.6. The van der Waals surface area contributed by atoms with Gasteiger partial charge >= 0.3 is 0 Å².